The van der Waals surface area contributed by atoms with Crippen LogP contribution >= 0.6 is 0 Å². The van der Waals surface area contributed by atoms with Crippen molar-refractivity contribution in [2.24, 2.45) is 5.92 Å². The lowest BCUT2D eigenvalue weighted by molar-refractivity contribution is 0.264. The minimum atomic E-state index is 0.402. The van der Waals surface area contributed by atoms with Crippen molar-refractivity contribution in [3.8, 4) is 0 Å². The van der Waals surface area contributed by atoms with E-state index in [1.807, 2.05) is 0 Å². The van der Waals surface area contributed by atoms with E-state index in [1.165, 1.54) is 44.9 Å². The summed E-state index contributed by atoms with van der Waals surface area (Å²) in [5.41, 5.74) is 7.09. The van der Waals surface area contributed by atoms with Gasteiger partial charge in [-0.3, -0.25) is 0 Å². The SMILES string of the molecule is CCCCC1CCC(c2onc(N)c2C(C)C)CC1. The van der Waals surface area contributed by atoms with Crippen molar-refractivity contribution in [1.29, 1.82) is 0 Å². The zero-order chi connectivity index (χ0) is 13.8. The number of nitrogens with zero attached hydrogens (tertiary/aromatic N) is 1. The van der Waals surface area contributed by atoms with Gasteiger partial charge in [0.1, 0.15) is 5.76 Å². The number of unbranched alkanes of at least 4 members (excludes halogenated alkanes) is 1. The van der Waals surface area contributed by atoms with Gasteiger partial charge in [0, 0.05) is 11.5 Å². The van der Waals surface area contributed by atoms with Gasteiger partial charge < -0.3 is 10.3 Å². The fourth-order valence-corrected chi connectivity index (χ4v) is 3.40. The van der Waals surface area contributed by atoms with E-state index in [0.29, 0.717) is 17.7 Å². The van der Waals surface area contributed by atoms with E-state index in [2.05, 4.69) is 25.9 Å². The fourth-order valence-electron chi connectivity index (χ4n) is 3.40. The van der Waals surface area contributed by atoms with E-state index < -0.39 is 0 Å². The summed E-state index contributed by atoms with van der Waals surface area (Å²) in [6.45, 7) is 6.61. The third-order valence-electron chi connectivity index (χ3n) is 4.54. The Bertz CT molecular complexity index is 389. The second-order valence-corrected chi connectivity index (χ2v) is 6.36. The molecular weight excluding hydrogens is 236 g/mol. The smallest absolute Gasteiger partial charge is 0.170 e. The summed E-state index contributed by atoms with van der Waals surface area (Å²) in [5, 5.41) is 3.98. The van der Waals surface area contributed by atoms with Crippen molar-refractivity contribution in [3.63, 3.8) is 0 Å². The molecule has 0 aromatic carbocycles. The molecule has 0 bridgehead atoms. The number of rotatable bonds is 5. The van der Waals surface area contributed by atoms with Crippen LogP contribution in [0.3, 0.4) is 0 Å². The maximum Gasteiger partial charge on any atom is 0.170 e. The molecule has 3 nitrogen and oxygen atoms in total. The summed E-state index contributed by atoms with van der Waals surface area (Å²) in [7, 11) is 0. The molecule has 0 atom stereocenters. The quantitative estimate of drug-likeness (QED) is 0.827. The Labute approximate surface area is 116 Å². The highest BCUT2D eigenvalue weighted by Crippen LogP contribution is 2.41. The Hall–Kier alpha value is -0.990. The molecule has 1 aromatic heterocycles. The zero-order valence-electron chi connectivity index (χ0n) is 12.6. The maximum atomic E-state index is 5.94. The normalized spacial score (nSPS) is 24.0. The van der Waals surface area contributed by atoms with Gasteiger partial charge in [-0.1, -0.05) is 45.2 Å². The predicted molar refractivity (Wildman–Crippen MR) is 79.2 cm³/mol. The van der Waals surface area contributed by atoms with Gasteiger partial charge in [-0.2, -0.15) is 0 Å². The summed E-state index contributed by atoms with van der Waals surface area (Å²) in [6.07, 6.45) is 9.24. The van der Waals surface area contributed by atoms with Gasteiger partial charge in [-0.25, -0.2) is 0 Å². The lowest BCUT2D eigenvalue weighted by atomic mass is 9.77. The molecule has 3 heteroatoms. The zero-order valence-corrected chi connectivity index (χ0v) is 12.6. The molecule has 0 radical (unpaired) electrons. The van der Waals surface area contributed by atoms with E-state index >= 15 is 0 Å². The minimum absolute atomic E-state index is 0.402. The molecular formula is C16H28N2O. The Balaban J connectivity index is 1.98. The lowest BCUT2D eigenvalue weighted by Gasteiger charge is -2.27. The standard InChI is InChI=1S/C16H28N2O/c1-4-5-6-12-7-9-13(10-8-12)15-14(11(2)3)16(17)18-19-15/h11-13H,4-10H2,1-3H3,(H2,17,18). The average molecular weight is 264 g/mol. The number of hydrogen-bond donors (Lipinski definition) is 1. The van der Waals surface area contributed by atoms with E-state index in [-0.39, 0.29) is 0 Å². The first kappa shape index (κ1) is 14.4. The first-order valence-corrected chi connectivity index (χ1v) is 7.88. The topological polar surface area (TPSA) is 52.0 Å². The molecule has 0 aliphatic heterocycles. The molecule has 108 valence electrons. The Kier molecular flexibility index (Phi) is 4.89. The Morgan fingerprint density at radius 3 is 2.53 bits per heavy atom. The monoisotopic (exact) mass is 264 g/mol. The molecule has 1 fully saturated rings. The second kappa shape index (κ2) is 6.44. The van der Waals surface area contributed by atoms with Gasteiger partial charge in [0.05, 0.1) is 0 Å². The average Bonchev–Trinajstić information content (AvgIpc) is 2.79. The third-order valence-corrected chi connectivity index (χ3v) is 4.54. The predicted octanol–water partition coefficient (Wildman–Crippen LogP) is 4.84. The van der Waals surface area contributed by atoms with Crippen LogP contribution in [0.2, 0.25) is 0 Å². The van der Waals surface area contributed by atoms with Crippen LogP contribution in [0.5, 0.6) is 0 Å². The first-order chi connectivity index (χ1) is 9.13. The van der Waals surface area contributed by atoms with E-state index in [9.17, 15) is 0 Å². The fraction of sp³-hybridized carbons (Fsp3) is 0.812. The number of nitrogens with two attached hydrogens (primary N) is 1. The second-order valence-electron chi connectivity index (χ2n) is 6.36. The van der Waals surface area contributed by atoms with Crippen molar-refractivity contribution in [2.45, 2.75) is 77.6 Å². The van der Waals surface area contributed by atoms with Crippen LogP contribution in [0.25, 0.3) is 0 Å². The van der Waals surface area contributed by atoms with Gasteiger partial charge in [0.25, 0.3) is 0 Å². The third kappa shape index (κ3) is 3.31. The van der Waals surface area contributed by atoms with Crippen LogP contribution in [0.15, 0.2) is 4.52 Å². The number of nitrogen functional groups attached to an aromatic ring is 1. The van der Waals surface area contributed by atoms with Crippen molar-refractivity contribution in [2.75, 3.05) is 5.73 Å². The summed E-state index contributed by atoms with van der Waals surface area (Å²) >= 11 is 0. The van der Waals surface area contributed by atoms with Crippen LogP contribution in [-0.4, -0.2) is 5.16 Å². The van der Waals surface area contributed by atoms with Crippen molar-refractivity contribution < 1.29 is 4.52 Å². The molecule has 0 spiro atoms. The van der Waals surface area contributed by atoms with Crippen LogP contribution < -0.4 is 5.73 Å². The molecule has 1 aliphatic rings. The minimum Gasteiger partial charge on any atom is -0.381 e. The molecule has 1 saturated carbocycles. The van der Waals surface area contributed by atoms with Crippen LogP contribution in [0.1, 0.15) is 88.9 Å². The van der Waals surface area contributed by atoms with E-state index in [1.54, 1.807) is 0 Å². The summed E-state index contributed by atoms with van der Waals surface area (Å²) in [5.74, 6) is 3.54. The van der Waals surface area contributed by atoms with E-state index in [4.69, 9.17) is 10.3 Å². The molecule has 0 unspecified atom stereocenters. The molecule has 1 heterocycles. The van der Waals surface area contributed by atoms with Crippen LogP contribution in [0, 0.1) is 5.92 Å². The van der Waals surface area contributed by atoms with Crippen molar-refractivity contribution >= 4 is 5.82 Å². The van der Waals surface area contributed by atoms with Crippen LogP contribution in [-0.2, 0) is 0 Å². The molecule has 2 N–H and O–H groups in total. The number of anilines is 1. The van der Waals surface area contributed by atoms with Gasteiger partial charge in [0.15, 0.2) is 5.82 Å². The number of aromatic nitrogens is 1. The van der Waals surface area contributed by atoms with Crippen LogP contribution in [0.4, 0.5) is 5.82 Å². The molecule has 1 aromatic rings. The van der Waals surface area contributed by atoms with Crippen molar-refractivity contribution in [3.05, 3.63) is 11.3 Å². The molecule has 19 heavy (non-hydrogen) atoms. The summed E-state index contributed by atoms with van der Waals surface area (Å²) in [4.78, 5) is 0. The van der Waals surface area contributed by atoms with E-state index in [0.717, 1.165) is 17.2 Å². The van der Waals surface area contributed by atoms with Gasteiger partial charge in [-0.05, 0) is 37.5 Å². The maximum absolute atomic E-state index is 5.94. The van der Waals surface area contributed by atoms with Gasteiger partial charge in [0.2, 0.25) is 0 Å². The van der Waals surface area contributed by atoms with Gasteiger partial charge >= 0.3 is 0 Å². The molecule has 0 amide bonds. The Morgan fingerprint density at radius 1 is 1.26 bits per heavy atom. The molecule has 2 rings (SSSR count). The first-order valence-electron chi connectivity index (χ1n) is 7.88. The Morgan fingerprint density at radius 2 is 1.95 bits per heavy atom. The summed E-state index contributed by atoms with van der Waals surface area (Å²) in [6, 6.07) is 0. The largest absolute Gasteiger partial charge is 0.381 e. The molecule has 0 saturated heterocycles. The van der Waals surface area contributed by atoms with Crippen molar-refractivity contribution in [1.82, 2.24) is 5.16 Å². The summed E-state index contributed by atoms with van der Waals surface area (Å²) < 4.78 is 5.54. The molecule has 1 aliphatic carbocycles. The highest BCUT2D eigenvalue weighted by Gasteiger charge is 2.29. The highest BCUT2D eigenvalue weighted by atomic mass is 16.5. The lowest BCUT2D eigenvalue weighted by Crippen LogP contribution is -2.14. The number of hydrogen-bond acceptors (Lipinski definition) is 3. The van der Waals surface area contributed by atoms with Gasteiger partial charge in [-0.15, -0.1) is 0 Å². The highest BCUT2D eigenvalue weighted by molar-refractivity contribution is 5.44.